The Labute approximate surface area is 129 Å². The number of benzene rings is 1. The molecule has 2 rings (SSSR count). The van der Waals surface area contributed by atoms with Crippen LogP contribution in [0.1, 0.15) is 33.6 Å². The number of carbonyl (C=O) groups is 2. The van der Waals surface area contributed by atoms with Crippen LogP contribution in [-0.4, -0.2) is 50.0 Å². The van der Waals surface area contributed by atoms with Crippen LogP contribution >= 0.6 is 0 Å². The van der Waals surface area contributed by atoms with Gasteiger partial charge in [0.15, 0.2) is 0 Å². The highest BCUT2D eigenvalue weighted by Gasteiger charge is 2.25. The Kier molecular flexibility index (Phi) is 5.91. The van der Waals surface area contributed by atoms with Gasteiger partial charge in [0.05, 0.1) is 18.2 Å². The van der Waals surface area contributed by atoms with E-state index in [2.05, 4.69) is 5.32 Å². The van der Waals surface area contributed by atoms with Gasteiger partial charge in [0.1, 0.15) is 0 Å². The van der Waals surface area contributed by atoms with Crippen molar-refractivity contribution >= 4 is 11.9 Å². The molecule has 1 aromatic rings. The van der Waals surface area contributed by atoms with E-state index in [0.29, 0.717) is 31.3 Å². The monoisotopic (exact) mass is 307 g/mol. The van der Waals surface area contributed by atoms with Gasteiger partial charge in [0.2, 0.25) is 0 Å². The molecule has 1 heterocycles. The van der Waals surface area contributed by atoms with E-state index in [-0.39, 0.29) is 17.5 Å². The molecule has 0 radical (unpaired) electrons. The van der Waals surface area contributed by atoms with Crippen molar-refractivity contribution in [2.75, 3.05) is 26.9 Å². The maximum atomic E-state index is 12.3. The number of carboxylic acids is 1. The van der Waals surface area contributed by atoms with Crippen molar-refractivity contribution in [3.05, 3.63) is 35.4 Å². The lowest BCUT2D eigenvalue weighted by Crippen LogP contribution is -2.45. The highest BCUT2D eigenvalue weighted by atomic mass is 16.5. The first-order valence-corrected chi connectivity index (χ1v) is 7.32. The van der Waals surface area contributed by atoms with Gasteiger partial charge in [-0.25, -0.2) is 4.79 Å². The Morgan fingerprint density at radius 1 is 1.27 bits per heavy atom. The fourth-order valence-electron chi connectivity index (χ4n) is 2.61. The number of aromatic carboxylic acids is 1. The van der Waals surface area contributed by atoms with Gasteiger partial charge in [0, 0.05) is 25.9 Å². The fraction of sp³-hybridized carbons (Fsp3) is 0.500. The number of amides is 1. The minimum Gasteiger partial charge on any atom is -0.478 e. The molecule has 1 atom stereocenters. The SMILES string of the molecule is COCC(NC(=O)c1ccc(C(=O)O)cc1)C1CCOCC1. The Bertz CT molecular complexity index is 508. The molecule has 22 heavy (non-hydrogen) atoms. The molecule has 6 nitrogen and oxygen atoms in total. The number of rotatable bonds is 6. The number of carbonyl (C=O) groups excluding carboxylic acids is 1. The molecule has 1 aromatic carbocycles. The number of hydrogen-bond donors (Lipinski definition) is 2. The normalized spacial score (nSPS) is 17.0. The third-order valence-electron chi connectivity index (χ3n) is 3.89. The molecule has 1 amide bonds. The molecule has 1 aliphatic heterocycles. The van der Waals surface area contributed by atoms with Gasteiger partial charge < -0.3 is 19.9 Å². The van der Waals surface area contributed by atoms with Crippen LogP contribution in [0.2, 0.25) is 0 Å². The summed E-state index contributed by atoms with van der Waals surface area (Å²) in [5.74, 6) is -0.896. The Morgan fingerprint density at radius 3 is 2.41 bits per heavy atom. The molecule has 6 heteroatoms. The second-order valence-electron chi connectivity index (χ2n) is 5.37. The Hall–Kier alpha value is -1.92. The maximum Gasteiger partial charge on any atom is 0.335 e. The van der Waals surface area contributed by atoms with Gasteiger partial charge >= 0.3 is 5.97 Å². The molecule has 1 aliphatic rings. The lowest BCUT2D eigenvalue weighted by molar-refractivity contribution is 0.0361. The first kappa shape index (κ1) is 16.5. The molecule has 0 aliphatic carbocycles. The highest BCUT2D eigenvalue weighted by Crippen LogP contribution is 2.19. The van der Waals surface area contributed by atoms with Gasteiger partial charge in [0.25, 0.3) is 5.91 Å². The summed E-state index contributed by atoms with van der Waals surface area (Å²) >= 11 is 0. The van der Waals surface area contributed by atoms with Gasteiger partial charge in [-0.05, 0) is 43.0 Å². The van der Waals surface area contributed by atoms with E-state index in [0.717, 1.165) is 12.8 Å². The van der Waals surface area contributed by atoms with Crippen LogP contribution in [0.25, 0.3) is 0 Å². The number of methoxy groups -OCH3 is 1. The van der Waals surface area contributed by atoms with Crippen LogP contribution < -0.4 is 5.32 Å². The molecule has 1 unspecified atom stereocenters. The molecule has 120 valence electrons. The first-order chi connectivity index (χ1) is 10.6. The van der Waals surface area contributed by atoms with E-state index < -0.39 is 5.97 Å². The van der Waals surface area contributed by atoms with Gasteiger partial charge in [-0.2, -0.15) is 0 Å². The van der Waals surface area contributed by atoms with Crippen molar-refractivity contribution < 1.29 is 24.2 Å². The van der Waals surface area contributed by atoms with E-state index >= 15 is 0 Å². The maximum absolute atomic E-state index is 12.3. The van der Waals surface area contributed by atoms with Crippen molar-refractivity contribution in [2.45, 2.75) is 18.9 Å². The van der Waals surface area contributed by atoms with Crippen LogP contribution in [0.3, 0.4) is 0 Å². The van der Waals surface area contributed by atoms with Crippen molar-refractivity contribution in [1.82, 2.24) is 5.32 Å². The van der Waals surface area contributed by atoms with Gasteiger partial charge in [-0.1, -0.05) is 0 Å². The van der Waals surface area contributed by atoms with Crippen molar-refractivity contribution in [1.29, 1.82) is 0 Å². The average molecular weight is 307 g/mol. The van der Waals surface area contributed by atoms with Crippen molar-refractivity contribution in [2.24, 2.45) is 5.92 Å². The molecule has 0 aromatic heterocycles. The molecule has 0 spiro atoms. The van der Waals surface area contributed by atoms with Gasteiger partial charge in [-0.15, -0.1) is 0 Å². The summed E-state index contributed by atoms with van der Waals surface area (Å²) < 4.78 is 10.6. The topological polar surface area (TPSA) is 84.9 Å². The summed E-state index contributed by atoms with van der Waals surface area (Å²) in [5, 5.41) is 11.9. The predicted molar refractivity (Wildman–Crippen MR) is 80.1 cm³/mol. The molecular weight excluding hydrogens is 286 g/mol. The van der Waals surface area contributed by atoms with E-state index in [9.17, 15) is 9.59 Å². The van der Waals surface area contributed by atoms with Crippen LogP contribution in [-0.2, 0) is 9.47 Å². The third-order valence-corrected chi connectivity index (χ3v) is 3.89. The Balaban J connectivity index is 2.01. The minimum absolute atomic E-state index is 0.0689. The zero-order valence-electron chi connectivity index (χ0n) is 12.6. The number of ether oxygens (including phenoxy) is 2. The quantitative estimate of drug-likeness (QED) is 0.833. The first-order valence-electron chi connectivity index (χ1n) is 7.32. The number of carboxylic acid groups (broad SMARTS) is 1. The largest absolute Gasteiger partial charge is 0.478 e. The minimum atomic E-state index is -1.01. The molecular formula is C16H21NO5. The number of nitrogens with one attached hydrogen (secondary N) is 1. The molecule has 1 fully saturated rings. The summed E-state index contributed by atoms with van der Waals surface area (Å²) in [5.41, 5.74) is 0.604. The lowest BCUT2D eigenvalue weighted by atomic mass is 9.92. The van der Waals surface area contributed by atoms with Crippen molar-refractivity contribution in [3.63, 3.8) is 0 Å². The second-order valence-corrected chi connectivity index (χ2v) is 5.37. The van der Waals surface area contributed by atoms with Crippen LogP contribution in [0.5, 0.6) is 0 Å². The van der Waals surface area contributed by atoms with Gasteiger partial charge in [-0.3, -0.25) is 4.79 Å². The molecule has 2 N–H and O–H groups in total. The van der Waals surface area contributed by atoms with Crippen LogP contribution in [0.15, 0.2) is 24.3 Å². The summed E-state index contributed by atoms with van der Waals surface area (Å²) in [4.78, 5) is 23.1. The molecule has 0 bridgehead atoms. The summed E-state index contributed by atoms with van der Waals surface area (Å²) in [6.45, 7) is 1.85. The molecule has 0 saturated carbocycles. The zero-order valence-corrected chi connectivity index (χ0v) is 12.6. The molecule has 1 saturated heterocycles. The van der Waals surface area contributed by atoms with E-state index in [1.807, 2.05) is 0 Å². The van der Waals surface area contributed by atoms with Crippen molar-refractivity contribution in [3.8, 4) is 0 Å². The van der Waals surface area contributed by atoms with Crippen LogP contribution in [0.4, 0.5) is 0 Å². The Morgan fingerprint density at radius 2 is 1.86 bits per heavy atom. The van der Waals surface area contributed by atoms with E-state index in [1.54, 1.807) is 7.11 Å². The van der Waals surface area contributed by atoms with Crippen LogP contribution in [0, 0.1) is 5.92 Å². The smallest absolute Gasteiger partial charge is 0.335 e. The predicted octanol–water partition coefficient (Wildman–Crippen LogP) is 1.56. The zero-order chi connectivity index (χ0) is 15.9. The van der Waals surface area contributed by atoms with E-state index in [1.165, 1.54) is 24.3 Å². The summed E-state index contributed by atoms with van der Waals surface area (Å²) in [6.07, 6.45) is 1.79. The summed E-state index contributed by atoms with van der Waals surface area (Å²) in [6, 6.07) is 5.83. The average Bonchev–Trinajstić information content (AvgIpc) is 2.55. The highest BCUT2D eigenvalue weighted by molar-refractivity contribution is 5.96. The van der Waals surface area contributed by atoms with E-state index in [4.69, 9.17) is 14.6 Å². The summed E-state index contributed by atoms with van der Waals surface area (Å²) in [7, 11) is 1.61. The third kappa shape index (κ3) is 4.29. The fourth-order valence-corrected chi connectivity index (χ4v) is 2.61. The number of hydrogen-bond acceptors (Lipinski definition) is 4. The lowest BCUT2D eigenvalue weighted by Gasteiger charge is -2.30. The standard InChI is InChI=1S/C16H21NO5/c1-21-10-14(11-6-8-22-9-7-11)17-15(18)12-2-4-13(5-3-12)16(19)20/h2-5,11,14H,6-10H2,1H3,(H,17,18)(H,19,20). The second kappa shape index (κ2) is 7.91.